The second-order valence-electron chi connectivity index (χ2n) is 7.98. The zero-order chi connectivity index (χ0) is 20.0. The Kier molecular flexibility index (Phi) is 4.87. The van der Waals surface area contributed by atoms with Crippen molar-refractivity contribution in [2.24, 2.45) is 5.92 Å². The molecule has 0 radical (unpaired) electrons. The summed E-state index contributed by atoms with van der Waals surface area (Å²) in [7, 11) is 0. The van der Waals surface area contributed by atoms with E-state index >= 15 is 0 Å². The maximum absolute atomic E-state index is 15.0. The molecule has 0 amide bonds. The number of carbonyl (C=O) groups is 1. The second kappa shape index (κ2) is 7.20. The predicted octanol–water partition coefficient (Wildman–Crippen LogP) is 3.00. The van der Waals surface area contributed by atoms with Gasteiger partial charge >= 0.3 is 5.97 Å². The zero-order valence-corrected chi connectivity index (χ0v) is 16.2. The molecular weight excluding hydrogens is 361 g/mol. The largest absolute Gasteiger partial charge is 0.477 e. The molecule has 1 aliphatic heterocycles. The number of hydrogen-bond acceptors (Lipinski definition) is 4. The van der Waals surface area contributed by atoms with Crippen LogP contribution in [-0.2, 0) is 0 Å². The molecule has 28 heavy (non-hydrogen) atoms. The molecule has 2 aliphatic rings. The van der Waals surface area contributed by atoms with E-state index in [-0.39, 0.29) is 17.0 Å². The number of carboxylic acids is 1. The number of carboxylic acid groups (broad SMARTS) is 1. The van der Waals surface area contributed by atoms with Crippen LogP contribution in [0.5, 0.6) is 0 Å². The van der Waals surface area contributed by atoms with Gasteiger partial charge in [0.25, 0.3) is 0 Å². The van der Waals surface area contributed by atoms with Gasteiger partial charge in [-0.05, 0) is 50.8 Å². The quantitative estimate of drug-likeness (QED) is 0.797. The van der Waals surface area contributed by atoms with Crippen LogP contribution in [0.15, 0.2) is 23.1 Å². The molecule has 0 spiro atoms. The normalized spacial score (nSPS) is 20.7. The summed E-state index contributed by atoms with van der Waals surface area (Å²) in [4.78, 5) is 26.1. The van der Waals surface area contributed by atoms with Crippen molar-refractivity contribution < 1.29 is 14.3 Å². The Hall–Kier alpha value is -2.41. The van der Waals surface area contributed by atoms with Crippen LogP contribution in [0.25, 0.3) is 10.9 Å². The number of fused-ring (bicyclic) bond motifs is 1. The van der Waals surface area contributed by atoms with Crippen LogP contribution in [0, 0.1) is 11.7 Å². The molecule has 7 heteroatoms. The standard InChI is InChI=1S/C21H26FN3O3/c1-3-23-12(2)13-6-7-24(10-13)19-9-18-15(8-17(19)22)20(26)16(21(27)28)11-25(18)14-4-5-14/h8-9,11-14,23H,3-7,10H2,1-2H3,(H,27,28)/t12-,13+/m1/s1. The molecule has 1 saturated heterocycles. The van der Waals surface area contributed by atoms with Gasteiger partial charge in [-0.25, -0.2) is 9.18 Å². The minimum atomic E-state index is -1.27. The van der Waals surface area contributed by atoms with E-state index < -0.39 is 17.2 Å². The van der Waals surface area contributed by atoms with E-state index in [1.54, 1.807) is 6.07 Å². The number of aromatic nitrogens is 1. The van der Waals surface area contributed by atoms with Gasteiger partial charge in [0.05, 0.1) is 11.2 Å². The van der Waals surface area contributed by atoms with Gasteiger partial charge < -0.3 is 19.9 Å². The van der Waals surface area contributed by atoms with Crippen LogP contribution in [0.4, 0.5) is 10.1 Å². The molecule has 4 rings (SSSR count). The lowest BCUT2D eigenvalue weighted by Gasteiger charge is -2.23. The van der Waals surface area contributed by atoms with Gasteiger partial charge in [0, 0.05) is 36.8 Å². The molecule has 6 nitrogen and oxygen atoms in total. The molecule has 1 saturated carbocycles. The third-order valence-corrected chi connectivity index (χ3v) is 6.07. The summed E-state index contributed by atoms with van der Waals surface area (Å²) in [5, 5.41) is 12.9. The number of hydrogen-bond donors (Lipinski definition) is 2. The average Bonchev–Trinajstić information content (AvgIpc) is 3.38. The highest BCUT2D eigenvalue weighted by molar-refractivity contribution is 5.93. The van der Waals surface area contributed by atoms with Gasteiger partial charge in [-0.1, -0.05) is 6.92 Å². The van der Waals surface area contributed by atoms with E-state index in [1.807, 2.05) is 9.47 Å². The topological polar surface area (TPSA) is 74.6 Å². The van der Waals surface area contributed by atoms with Crippen LogP contribution in [0.3, 0.4) is 0 Å². The van der Waals surface area contributed by atoms with Gasteiger partial charge in [-0.2, -0.15) is 0 Å². The van der Waals surface area contributed by atoms with E-state index in [9.17, 15) is 19.1 Å². The minimum absolute atomic E-state index is 0.143. The Balaban J connectivity index is 1.76. The third-order valence-electron chi connectivity index (χ3n) is 6.07. The first-order valence-electron chi connectivity index (χ1n) is 10.0. The maximum atomic E-state index is 15.0. The van der Waals surface area contributed by atoms with Gasteiger partial charge in [-0.15, -0.1) is 0 Å². The van der Waals surface area contributed by atoms with Crippen LogP contribution < -0.4 is 15.6 Å². The molecule has 2 atom stereocenters. The van der Waals surface area contributed by atoms with E-state index in [1.165, 1.54) is 12.3 Å². The van der Waals surface area contributed by atoms with Crippen molar-refractivity contribution in [1.29, 1.82) is 0 Å². The van der Waals surface area contributed by atoms with Crippen molar-refractivity contribution in [3.8, 4) is 0 Å². The predicted molar refractivity (Wildman–Crippen MR) is 107 cm³/mol. The molecular formula is C21H26FN3O3. The SMILES string of the molecule is CCN[C@H](C)[C@H]1CCN(c2cc3c(cc2F)c(=O)c(C(=O)O)cn3C2CC2)C1. The van der Waals surface area contributed by atoms with Crippen LogP contribution in [-0.4, -0.2) is 41.3 Å². The first kappa shape index (κ1) is 18.9. The van der Waals surface area contributed by atoms with Crippen molar-refractivity contribution in [1.82, 2.24) is 9.88 Å². The molecule has 2 aromatic rings. The molecule has 1 aromatic carbocycles. The maximum Gasteiger partial charge on any atom is 0.341 e. The summed E-state index contributed by atoms with van der Waals surface area (Å²) in [5.41, 5.74) is 0.199. The Labute approximate surface area is 163 Å². The van der Waals surface area contributed by atoms with Crippen LogP contribution >= 0.6 is 0 Å². The smallest absolute Gasteiger partial charge is 0.341 e. The van der Waals surface area contributed by atoms with Crippen molar-refractivity contribution in [2.75, 3.05) is 24.5 Å². The van der Waals surface area contributed by atoms with E-state index in [2.05, 4.69) is 19.2 Å². The summed E-state index contributed by atoms with van der Waals surface area (Å²) in [6.45, 7) is 6.67. The lowest BCUT2D eigenvalue weighted by molar-refractivity contribution is 0.0695. The first-order chi connectivity index (χ1) is 13.4. The first-order valence-corrected chi connectivity index (χ1v) is 10.0. The molecule has 0 bridgehead atoms. The molecule has 2 heterocycles. The number of aromatic carboxylic acids is 1. The fourth-order valence-corrected chi connectivity index (χ4v) is 4.31. The molecule has 1 aromatic heterocycles. The lowest BCUT2D eigenvalue weighted by Crippen LogP contribution is -2.35. The zero-order valence-electron chi connectivity index (χ0n) is 16.2. The van der Waals surface area contributed by atoms with Crippen LogP contribution in [0.2, 0.25) is 0 Å². The minimum Gasteiger partial charge on any atom is -0.477 e. The van der Waals surface area contributed by atoms with E-state index in [4.69, 9.17) is 0 Å². The number of halogens is 1. The Morgan fingerprint density at radius 3 is 2.75 bits per heavy atom. The summed E-state index contributed by atoms with van der Waals surface area (Å²) in [6.07, 6.45) is 4.29. The Morgan fingerprint density at radius 2 is 2.11 bits per heavy atom. The summed E-state index contributed by atoms with van der Waals surface area (Å²) >= 11 is 0. The summed E-state index contributed by atoms with van der Waals surface area (Å²) < 4.78 is 16.8. The lowest BCUT2D eigenvalue weighted by atomic mass is 10.0. The molecule has 150 valence electrons. The molecule has 2 fully saturated rings. The number of nitrogens with zero attached hydrogens (tertiary/aromatic N) is 2. The number of nitrogens with one attached hydrogen (secondary N) is 1. The fourth-order valence-electron chi connectivity index (χ4n) is 4.31. The molecule has 1 aliphatic carbocycles. The van der Waals surface area contributed by atoms with Gasteiger partial charge in [0.2, 0.25) is 5.43 Å². The highest BCUT2D eigenvalue weighted by Gasteiger charge is 2.31. The van der Waals surface area contributed by atoms with Gasteiger partial charge in [0.15, 0.2) is 0 Å². The average molecular weight is 387 g/mol. The second-order valence-corrected chi connectivity index (χ2v) is 7.98. The Morgan fingerprint density at radius 1 is 1.36 bits per heavy atom. The van der Waals surface area contributed by atoms with Crippen LogP contribution in [0.1, 0.15) is 49.5 Å². The monoisotopic (exact) mass is 387 g/mol. The van der Waals surface area contributed by atoms with E-state index in [0.29, 0.717) is 23.2 Å². The number of anilines is 1. The number of pyridine rings is 1. The highest BCUT2D eigenvalue weighted by Crippen LogP contribution is 2.38. The molecule has 0 unspecified atom stereocenters. The van der Waals surface area contributed by atoms with Crippen molar-refractivity contribution >= 4 is 22.6 Å². The van der Waals surface area contributed by atoms with Crippen molar-refractivity contribution in [3.05, 3.63) is 39.9 Å². The van der Waals surface area contributed by atoms with Gasteiger partial charge in [0.1, 0.15) is 11.4 Å². The van der Waals surface area contributed by atoms with Crippen molar-refractivity contribution in [2.45, 2.75) is 45.2 Å². The van der Waals surface area contributed by atoms with Crippen molar-refractivity contribution in [3.63, 3.8) is 0 Å². The number of rotatable bonds is 6. The highest BCUT2D eigenvalue weighted by atomic mass is 19.1. The van der Waals surface area contributed by atoms with E-state index in [0.717, 1.165) is 38.9 Å². The fraction of sp³-hybridized carbons (Fsp3) is 0.524. The van der Waals surface area contributed by atoms with Gasteiger partial charge in [-0.3, -0.25) is 4.79 Å². The summed E-state index contributed by atoms with van der Waals surface area (Å²) in [6, 6.07) is 3.50. The third kappa shape index (κ3) is 3.28. The Bertz CT molecular complexity index is 983. The molecule has 2 N–H and O–H groups in total. The summed E-state index contributed by atoms with van der Waals surface area (Å²) in [5.74, 6) is -1.30. The number of benzene rings is 1.